The lowest BCUT2D eigenvalue weighted by Gasteiger charge is -2.37. The van der Waals surface area contributed by atoms with Crippen molar-refractivity contribution in [2.24, 2.45) is 0 Å². The summed E-state index contributed by atoms with van der Waals surface area (Å²) in [4.78, 5) is 21.2. The highest BCUT2D eigenvalue weighted by Crippen LogP contribution is 2.42. The smallest absolute Gasteiger partial charge is 0.385 e. The van der Waals surface area contributed by atoms with Gasteiger partial charge in [-0.25, -0.2) is 14.2 Å². The summed E-state index contributed by atoms with van der Waals surface area (Å²) in [7, 11) is 0. The van der Waals surface area contributed by atoms with E-state index in [0.717, 1.165) is 37.7 Å². The zero-order valence-electron chi connectivity index (χ0n) is 16.5. The third kappa shape index (κ3) is 2.96. The lowest BCUT2D eigenvalue weighted by Crippen LogP contribution is -2.33. The maximum absolute atomic E-state index is 14.7. The van der Waals surface area contributed by atoms with Crippen LogP contribution in [0.2, 0.25) is 0 Å². The Labute approximate surface area is 175 Å². The fourth-order valence-electron chi connectivity index (χ4n) is 4.65. The highest BCUT2D eigenvalue weighted by molar-refractivity contribution is 5.91. The van der Waals surface area contributed by atoms with Crippen LogP contribution in [0.25, 0.3) is 22.4 Å². The summed E-state index contributed by atoms with van der Waals surface area (Å²) in [6.45, 7) is 0. The molecule has 8 nitrogen and oxygen atoms in total. The van der Waals surface area contributed by atoms with E-state index in [4.69, 9.17) is 0 Å². The topological polar surface area (TPSA) is 120 Å². The third-order valence-electron chi connectivity index (χ3n) is 6.50. The molecule has 0 bridgehead atoms. The molecule has 9 heteroatoms. The second-order valence-electron chi connectivity index (χ2n) is 8.48. The Morgan fingerprint density at radius 1 is 1.23 bits per heavy atom. The molecule has 0 amide bonds. The first kappa shape index (κ1) is 18.3. The minimum absolute atomic E-state index is 0.00465. The summed E-state index contributed by atoms with van der Waals surface area (Å²) in [5.41, 5.74) is 4.17. The molecule has 3 aromatic heterocycles. The van der Waals surface area contributed by atoms with Crippen molar-refractivity contribution in [3.8, 4) is 11.4 Å². The first-order valence-corrected chi connectivity index (χ1v) is 10.3. The number of nitrogens with one attached hydrogen (secondary N) is 3. The van der Waals surface area contributed by atoms with Gasteiger partial charge in [0.25, 0.3) is 0 Å². The normalized spacial score (nSPS) is 19.4. The first-order valence-electron chi connectivity index (χ1n) is 10.3. The summed E-state index contributed by atoms with van der Waals surface area (Å²) in [6.07, 6.45) is 5.75. The highest BCUT2D eigenvalue weighted by Gasteiger charge is 2.37. The molecule has 0 aliphatic heterocycles. The number of fused-ring (bicyclic) bond motifs is 2. The van der Waals surface area contributed by atoms with Crippen molar-refractivity contribution < 1.29 is 14.0 Å². The van der Waals surface area contributed by atoms with E-state index < -0.39 is 17.2 Å². The first-order chi connectivity index (χ1) is 15.0. The van der Waals surface area contributed by atoms with Crippen molar-refractivity contribution in [1.29, 1.82) is 0 Å². The molecule has 1 aromatic carbocycles. The lowest BCUT2D eigenvalue weighted by molar-refractivity contribution is -0.0388. The van der Waals surface area contributed by atoms with Gasteiger partial charge in [-0.3, -0.25) is 9.51 Å². The number of halogens is 1. The minimum Gasteiger partial charge on any atom is -0.385 e. The van der Waals surface area contributed by atoms with E-state index >= 15 is 0 Å². The van der Waals surface area contributed by atoms with Gasteiger partial charge in [-0.05, 0) is 48.8 Å². The molecule has 2 aliphatic rings. The molecule has 4 aromatic rings. The van der Waals surface area contributed by atoms with Crippen molar-refractivity contribution in [3.05, 3.63) is 63.5 Å². The third-order valence-corrected chi connectivity index (χ3v) is 6.50. The molecule has 31 heavy (non-hydrogen) atoms. The van der Waals surface area contributed by atoms with E-state index in [1.165, 1.54) is 17.2 Å². The van der Waals surface area contributed by atoms with Crippen LogP contribution in [-0.2, 0) is 18.4 Å². The summed E-state index contributed by atoms with van der Waals surface area (Å²) in [5, 5.41) is 17.6. The number of hydrogen-bond acceptors (Lipinski definition) is 6. The fourth-order valence-corrected chi connectivity index (χ4v) is 4.65. The van der Waals surface area contributed by atoms with Gasteiger partial charge in [0.1, 0.15) is 5.52 Å². The average Bonchev–Trinajstić information content (AvgIpc) is 3.43. The van der Waals surface area contributed by atoms with Crippen molar-refractivity contribution in [1.82, 2.24) is 20.1 Å². The van der Waals surface area contributed by atoms with E-state index in [1.54, 1.807) is 6.20 Å². The van der Waals surface area contributed by atoms with Crippen LogP contribution in [0.1, 0.15) is 36.0 Å². The fraction of sp³-hybridized carbons (Fsp3) is 0.318. The van der Waals surface area contributed by atoms with Crippen LogP contribution in [0, 0.1) is 5.82 Å². The molecule has 3 heterocycles. The van der Waals surface area contributed by atoms with E-state index in [9.17, 15) is 14.3 Å². The number of nitrogens with zero attached hydrogens (tertiary/aromatic N) is 2. The van der Waals surface area contributed by atoms with E-state index in [2.05, 4.69) is 42.1 Å². The number of benzene rings is 1. The SMILES string of the molecule is O=c1[nH]c(-c2c[nH]c3cc(F)c(NC4Cc5ccc(C6(O)CCC6)cc5C4)nc23)no1. The van der Waals surface area contributed by atoms with Crippen LogP contribution >= 0.6 is 0 Å². The summed E-state index contributed by atoms with van der Waals surface area (Å²) < 4.78 is 19.3. The maximum Gasteiger partial charge on any atom is 0.439 e. The van der Waals surface area contributed by atoms with Gasteiger partial charge in [-0.15, -0.1) is 0 Å². The van der Waals surface area contributed by atoms with E-state index in [-0.39, 0.29) is 17.7 Å². The average molecular weight is 421 g/mol. The predicted octanol–water partition coefficient (Wildman–Crippen LogP) is 3.00. The molecular weight excluding hydrogens is 401 g/mol. The van der Waals surface area contributed by atoms with Crippen molar-refractivity contribution in [2.75, 3.05) is 5.32 Å². The Hall–Kier alpha value is -3.46. The van der Waals surface area contributed by atoms with Gasteiger partial charge in [0.05, 0.1) is 16.7 Å². The molecule has 0 spiro atoms. The monoisotopic (exact) mass is 421 g/mol. The Balaban J connectivity index is 1.28. The van der Waals surface area contributed by atoms with Crippen molar-refractivity contribution in [2.45, 2.75) is 43.7 Å². The lowest BCUT2D eigenvalue weighted by atomic mass is 9.74. The van der Waals surface area contributed by atoms with Gasteiger partial charge in [0.2, 0.25) is 0 Å². The van der Waals surface area contributed by atoms with E-state index in [1.807, 2.05) is 6.07 Å². The zero-order valence-corrected chi connectivity index (χ0v) is 16.5. The Morgan fingerprint density at radius 2 is 2.06 bits per heavy atom. The van der Waals surface area contributed by atoms with Gasteiger partial charge in [-0.1, -0.05) is 23.4 Å². The molecule has 1 saturated carbocycles. The number of aromatic nitrogens is 4. The van der Waals surface area contributed by atoms with Crippen LogP contribution in [0.5, 0.6) is 0 Å². The van der Waals surface area contributed by atoms with Gasteiger partial charge in [0.15, 0.2) is 17.5 Å². The van der Waals surface area contributed by atoms with Crippen molar-refractivity contribution >= 4 is 16.9 Å². The second-order valence-corrected chi connectivity index (χ2v) is 8.48. The largest absolute Gasteiger partial charge is 0.439 e. The number of H-pyrrole nitrogens is 2. The number of aromatic amines is 2. The summed E-state index contributed by atoms with van der Waals surface area (Å²) in [5.74, 6) is -0.750. The molecular formula is C22H20FN5O3. The number of hydrogen-bond donors (Lipinski definition) is 4. The maximum atomic E-state index is 14.7. The molecule has 0 saturated heterocycles. The van der Waals surface area contributed by atoms with Gasteiger partial charge < -0.3 is 15.4 Å². The molecule has 0 radical (unpaired) electrons. The molecule has 1 unspecified atom stereocenters. The number of aliphatic hydroxyl groups is 1. The number of anilines is 1. The standard InChI is InChI=1S/C22H20FN5O3/c23-16-9-17-18(15(10-24-17)19-27-21(29)31-28-19)26-20(16)25-14-7-11-2-3-13(6-12(11)8-14)22(30)4-1-5-22/h2-3,6,9-10,14,24,30H,1,4-5,7-8H2,(H,25,26)(H,27,28,29). The van der Waals surface area contributed by atoms with Gasteiger partial charge >= 0.3 is 5.76 Å². The van der Waals surface area contributed by atoms with Gasteiger partial charge in [-0.2, -0.15) is 0 Å². The summed E-state index contributed by atoms with van der Waals surface area (Å²) in [6, 6.07) is 7.54. The molecule has 6 rings (SSSR count). The van der Waals surface area contributed by atoms with Crippen LogP contribution < -0.4 is 11.1 Å². The van der Waals surface area contributed by atoms with Crippen LogP contribution in [0.4, 0.5) is 10.2 Å². The van der Waals surface area contributed by atoms with Crippen LogP contribution in [0.3, 0.4) is 0 Å². The molecule has 2 aliphatic carbocycles. The second kappa shape index (κ2) is 6.52. The van der Waals surface area contributed by atoms with Crippen LogP contribution in [0.15, 0.2) is 39.8 Å². The Kier molecular flexibility index (Phi) is 3.85. The zero-order chi connectivity index (χ0) is 21.2. The predicted molar refractivity (Wildman–Crippen MR) is 111 cm³/mol. The highest BCUT2D eigenvalue weighted by atomic mass is 19.1. The van der Waals surface area contributed by atoms with Crippen LogP contribution in [-0.4, -0.2) is 31.3 Å². The molecule has 1 atom stereocenters. The summed E-state index contributed by atoms with van der Waals surface area (Å²) >= 11 is 0. The molecule has 4 N–H and O–H groups in total. The molecule has 158 valence electrons. The molecule has 1 fully saturated rings. The minimum atomic E-state index is -0.688. The van der Waals surface area contributed by atoms with Crippen molar-refractivity contribution in [3.63, 3.8) is 0 Å². The van der Waals surface area contributed by atoms with E-state index in [0.29, 0.717) is 16.6 Å². The Morgan fingerprint density at radius 3 is 2.81 bits per heavy atom. The number of rotatable bonds is 4. The number of pyridine rings is 1. The van der Waals surface area contributed by atoms with Gasteiger partial charge in [0, 0.05) is 18.3 Å². The quantitative estimate of drug-likeness (QED) is 0.402. The Bertz CT molecular complexity index is 1370.